The lowest BCUT2D eigenvalue weighted by molar-refractivity contribution is -0.121. The van der Waals surface area contributed by atoms with Crippen LogP contribution in [0, 0.1) is 30.5 Å². The van der Waals surface area contributed by atoms with E-state index in [1.807, 2.05) is 6.92 Å². The standard InChI is InChI=1S/C15H19FN2O/c1-8-2-5-11(16)12(6-8)18-15(19)13-9-3-4-10(7-9)14(13)17/h2,5-6,9-10,13-14H,3-4,7,17H2,1H3,(H,18,19). The number of carbonyl (C=O) groups is 1. The molecule has 0 aromatic heterocycles. The van der Waals surface area contributed by atoms with Crippen LogP contribution in [0.2, 0.25) is 0 Å². The minimum atomic E-state index is -0.393. The van der Waals surface area contributed by atoms with Crippen LogP contribution in [0.4, 0.5) is 10.1 Å². The van der Waals surface area contributed by atoms with E-state index in [0.717, 1.165) is 24.8 Å². The molecule has 4 heteroatoms. The third-order valence-electron chi connectivity index (χ3n) is 4.66. The van der Waals surface area contributed by atoms with E-state index in [1.165, 1.54) is 6.07 Å². The largest absolute Gasteiger partial charge is 0.327 e. The Hall–Kier alpha value is -1.42. The Bertz CT molecular complexity index is 515. The number of fused-ring (bicyclic) bond motifs is 2. The highest BCUT2D eigenvalue weighted by Crippen LogP contribution is 2.47. The average molecular weight is 262 g/mol. The predicted molar refractivity (Wildman–Crippen MR) is 72.1 cm³/mol. The summed E-state index contributed by atoms with van der Waals surface area (Å²) in [5.41, 5.74) is 7.32. The summed E-state index contributed by atoms with van der Waals surface area (Å²) in [4.78, 5) is 12.3. The van der Waals surface area contributed by atoms with Crippen LogP contribution in [-0.4, -0.2) is 11.9 Å². The van der Waals surface area contributed by atoms with E-state index in [2.05, 4.69) is 5.32 Å². The number of rotatable bonds is 2. The van der Waals surface area contributed by atoms with Crippen molar-refractivity contribution in [3.05, 3.63) is 29.6 Å². The van der Waals surface area contributed by atoms with Gasteiger partial charge in [-0.25, -0.2) is 4.39 Å². The first-order valence-electron chi connectivity index (χ1n) is 6.89. The van der Waals surface area contributed by atoms with Crippen LogP contribution < -0.4 is 11.1 Å². The normalized spacial score (nSPS) is 32.6. The molecule has 2 bridgehead atoms. The summed E-state index contributed by atoms with van der Waals surface area (Å²) in [5, 5.41) is 2.71. The van der Waals surface area contributed by atoms with Gasteiger partial charge in [-0.2, -0.15) is 0 Å². The lowest BCUT2D eigenvalue weighted by Gasteiger charge is -2.27. The van der Waals surface area contributed by atoms with Gasteiger partial charge in [0.15, 0.2) is 0 Å². The van der Waals surface area contributed by atoms with Gasteiger partial charge in [0.2, 0.25) is 5.91 Å². The van der Waals surface area contributed by atoms with Gasteiger partial charge in [0, 0.05) is 6.04 Å². The second kappa shape index (κ2) is 4.60. The maximum Gasteiger partial charge on any atom is 0.229 e. The number of carbonyl (C=O) groups excluding carboxylic acids is 1. The van der Waals surface area contributed by atoms with E-state index in [1.54, 1.807) is 12.1 Å². The predicted octanol–water partition coefficient (Wildman–Crippen LogP) is 2.45. The van der Waals surface area contributed by atoms with Crippen molar-refractivity contribution >= 4 is 11.6 Å². The van der Waals surface area contributed by atoms with Crippen molar-refractivity contribution in [1.82, 2.24) is 0 Å². The van der Waals surface area contributed by atoms with Gasteiger partial charge in [-0.05, 0) is 55.7 Å². The summed E-state index contributed by atoms with van der Waals surface area (Å²) >= 11 is 0. The molecule has 2 aliphatic rings. The minimum absolute atomic E-state index is 0.0633. The molecule has 1 aromatic rings. The molecule has 0 radical (unpaired) electrons. The highest BCUT2D eigenvalue weighted by atomic mass is 19.1. The van der Waals surface area contributed by atoms with Crippen molar-refractivity contribution in [2.75, 3.05) is 5.32 Å². The zero-order valence-corrected chi connectivity index (χ0v) is 11.0. The van der Waals surface area contributed by atoms with E-state index < -0.39 is 5.82 Å². The molecule has 2 saturated carbocycles. The first-order chi connectivity index (χ1) is 9.06. The molecule has 102 valence electrons. The number of benzene rings is 1. The summed E-state index contributed by atoms with van der Waals surface area (Å²) in [7, 11) is 0. The van der Waals surface area contributed by atoms with Crippen LogP contribution in [0.3, 0.4) is 0 Å². The number of halogens is 1. The topological polar surface area (TPSA) is 55.1 Å². The van der Waals surface area contributed by atoms with E-state index in [-0.39, 0.29) is 23.6 Å². The fraction of sp³-hybridized carbons (Fsp3) is 0.533. The lowest BCUT2D eigenvalue weighted by atomic mass is 9.84. The van der Waals surface area contributed by atoms with Gasteiger partial charge in [0.05, 0.1) is 11.6 Å². The molecule has 4 unspecified atom stereocenters. The zero-order chi connectivity index (χ0) is 13.6. The SMILES string of the molecule is Cc1ccc(F)c(NC(=O)C2C3CCC(C3)C2N)c1. The molecule has 3 nitrogen and oxygen atoms in total. The van der Waals surface area contributed by atoms with Gasteiger partial charge in [-0.15, -0.1) is 0 Å². The second-order valence-electron chi connectivity index (χ2n) is 5.91. The molecule has 0 heterocycles. The van der Waals surface area contributed by atoms with E-state index in [9.17, 15) is 9.18 Å². The van der Waals surface area contributed by atoms with Gasteiger partial charge < -0.3 is 11.1 Å². The Labute approximate surface area is 112 Å². The van der Waals surface area contributed by atoms with Crippen molar-refractivity contribution in [1.29, 1.82) is 0 Å². The van der Waals surface area contributed by atoms with Gasteiger partial charge in [-0.3, -0.25) is 4.79 Å². The fourth-order valence-corrected chi connectivity index (χ4v) is 3.68. The molecule has 4 atom stereocenters. The smallest absolute Gasteiger partial charge is 0.229 e. The van der Waals surface area contributed by atoms with Crippen LogP contribution in [-0.2, 0) is 4.79 Å². The third kappa shape index (κ3) is 2.14. The number of nitrogens with one attached hydrogen (secondary N) is 1. The van der Waals surface area contributed by atoms with Crippen molar-refractivity contribution in [2.45, 2.75) is 32.2 Å². The molecule has 3 rings (SSSR count). The molecule has 2 fully saturated rings. The molecular formula is C15H19FN2O. The summed E-state index contributed by atoms with van der Waals surface area (Å²) < 4.78 is 13.7. The number of nitrogens with two attached hydrogens (primary N) is 1. The first-order valence-corrected chi connectivity index (χ1v) is 6.89. The van der Waals surface area contributed by atoms with Crippen molar-refractivity contribution in [2.24, 2.45) is 23.5 Å². The van der Waals surface area contributed by atoms with Crippen molar-refractivity contribution in [3.8, 4) is 0 Å². The summed E-state index contributed by atoms with van der Waals surface area (Å²) in [6.45, 7) is 1.87. The molecule has 19 heavy (non-hydrogen) atoms. The van der Waals surface area contributed by atoms with E-state index in [0.29, 0.717) is 11.8 Å². The minimum Gasteiger partial charge on any atom is -0.327 e. The first kappa shape index (κ1) is 12.6. The van der Waals surface area contributed by atoms with Gasteiger partial charge in [0.25, 0.3) is 0 Å². The van der Waals surface area contributed by atoms with Crippen LogP contribution in [0.25, 0.3) is 0 Å². The number of amides is 1. The summed E-state index contributed by atoms with van der Waals surface area (Å²) in [5.74, 6) is 0.189. The number of hydrogen-bond donors (Lipinski definition) is 2. The molecule has 2 aliphatic carbocycles. The number of hydrogen-bond acceptors (Lipinski definition) is 2. The molecule has 3 N–H and O–H groups in total. The third-order valence-corrected chi connectivity index (χ3v) is 4.66. The van der Waals surface area contributed by atoms with Crippen LogP contribution >= 0.6 is 0 Å². The van der Waals surface area contributed by atoms with Gasteiger partial charge >= 0.3 is 0 Å². The quantitative estimate of drug-likeness (QED) is 0.860. The van der Waals surface area contributed by atoms with Crippen LogP contribution in [0.1, 0.15) is 24.8 Å². The molecule has 1 amide bonds. The fourth-order valence-electron chi connectivity index (χ4n) is 3.68. The summed E-state index contributed by atoms with van der Waals surface area (Å²) in [6, 6.07) is 4.66. The van der Waals surface area contributed by atoms with Gasteiger partial charge in [0.1, 0.15) is 5.82 Å². The Balaban J connectivity index is 1.77. The Kier molecular flexibility index (Phi) is 3.05. The molecular weight excluding hydrogens is 243 g/mol. The highest BCUT2D eigenvalue weighted by molar-refractivity contribution is 5.93. The Morgan fingerprint density at radius 2 is 2.11 bits per heavy atom. The number of anilines is 1. The Morgan fingerprint density at radius 1 is 1.37 bits per heavy atom. The Morgan fingerprint density at radius 3 is 2.79 bits per heavy atom. The van der Waals surface area contributed by atoms with Crippen LogP contribution in [0.5, 0.6) is 0 Å². The zero-order valence-electron chi connectivity index (χ0n) is 11.0. The van der Waals surface area contributed by atoms with Crippen molar-refractivity contribution < 1.29 is 9.18 Å². The van der Waals surface area contributed by atoms with E-state index >= 15 is 0 Å². The maximum absolute atomic E-state index is 13.7. The van der Waals surface area contributed by atoms with Crippen LogP contribution in [0.15, 0.2) is 18.2 Å². The maximum atomic E-state index is 13.7. The summed E-state index contributed by atoms with van der Waals surface area (Å²) in [6.07, 6.45) is 3.26. The molecule has 0 saturated heterocycles. The number of aryl methyl sites for hydroxylation is 1. The van der Waals surface area contributed by atoms with E-state index in [4.69, 9.17) is 5.73 Å². The van der Waals surface area contributed by atoms with Gasteiger partial charge in [-0.1, -0.05) is 6.07 Å². The highest BCUT2D eigenvalue weighted by Gasteiger charge is 2.49. The monoisotopic (exact) mass is 262 g/mol. The average Bonchev–Trinajstić information content (AvgIpc) is 2.94. The molecule has 0 spiro atoms. The molecule has 0 aliphatic heterocycles. The lowest BCUT2D eigenvalue weighted by Crippen LogP contribution is -2.42. The van der Waals surface area contributed by atoms with Crippen molar-refractivity contribution in [3.63, 3.8) is 0 Å². The second-order valence-corrected chi connectivity index (χ2v) is 5.91. The molecule has 1 aromatic carbocycles.